The molecule has 0 radical (unpaired) electrons. The number of ether oxygens (including phenoxy) is 1. The van der Waals surface area contributed by atoms with Gasteiger partial charge in [0.1, 0.15) is 5.75 Å². The topological polar surface area (TPSA) is 125 Å². The maximum Gasteiger partial charge on any atom is 0.344 e. The van der Waals surface area contributed by atoms with Crippen LogP contribution >= 0.6 is 11.6 Å². The van der Waals surface area contributed by atoms with E-state index in [1.54, 1.807) is 42.6 Å². The maximum atomic E-state index is 12.3. The molecule has 0 fully saturated rings. The highest BCUT2D eigenvalue weighted by molar-refractivity contribution is 6.30. The molecule has 0 aliphatic carbocycles. The van der Waals surface area contributed by atoms with Crippen molar-refractivity contribution in [2.75, 3.05) is 0 Å². The summed E-state index contributed by atoms with van der Waals surface area (Å²) >= 11 is 5.82. The molecule has 0 aromatic heterocycles. The lowest BCUT2D eigenvalue weighted by Gasteiger charge is -2.05. The Morgan fingerprint density at radius 2 is 1.47 bits per heavy atom. The maximum absolute atomic E-state index is 12.3. The van der Waals surface area contributed by atoms with Gasteiger partial charge in [-0.2, -0.15) is 0 Å². The summed E-state index contributed by atoms with van der Waals surface area (Å²) in [5.74, 6) is -0.790. The predicted octanol–water partition coefficient (Wildman–Crippen LogP) is 5.13. The Morgan fingerprint density at radius 1 is 0.900 bits per heavy atom. The summed E-state index contributed by atoms with van der Waals surface area (Å²) in [4.78, 5) is 36.8. The van der Waals surface area contributed by atoms with E-state index in [4.69, 9.17) is 16.3 Å². The highest BCUT2D eigenvalue weighted by Crippen LogP contribution is 2.24. The summed E-state index contributed by atoms with van der Waals surface area (Å²) < 4.78 is 5.16. The number of carbonyl (C=O) groups excluding carboxylic acids is 1. The molecule has 0 saturated heterocycles. The molecule has 0 atom stereocenters. The summed E-state index contributed by atoms with van der Waals surface area (Å²) in [7, 11) is 0. The minimum absolute atomic E-state index is 0.165. The Hall–Kier alpha value is -4.11. The number of nitro benzene ring substituents is 2. The van der Waals surface area contributed by atoms with E-state index < -0.39 is 27.2 Å². The summed E-state index contributed by atoms with van der Waals surface area (Å²) in [6.07, 6.45) is 1.61. The van der Waals surface area contributed by atoms with Crippen LogP contribution in [-0.4, -0.2) is 22.0 Å². The van der Waals surface area contributed by atoms with Crippen molar-refractivity contribution in [3.05, 3.63) is 103 Å². The molecule has 0 aliphatic heterocycles. The Morgan fingerprint density at radius 3 is 2.00 bits per heavy atom. The van der Waals surface area contributed by atoms with E-state index >= 15 is 0 Å². The van der Waals surface area contributed by atoms with Crippen molar-refractivity contribution in [2.45, 2.75) is 0 Å². The molecule has 30 heavy (non-hydrogen) atoms. The molecule has 3 aromatic carbocycles. The van der Waals surface area contributed by atoms with E-state index in [0.29, 0.717) is 10.7 Å². The second-order valence-corrected chi connectivity index (χ2v) is 6.38. The molecule has 3 aromatic rings. The number of rotatable bonds is 6. The van der Waals surface area contributed by atoms with E-state index in [2.05, 4.69) is 4.99 Å². The molecule has 9 nitrogen and oxygen atoms in total. The highest BCUT2D eigenvalue weighted by Gasteiger charge is 2.21. The number of carbonyl (C=O) groups is 1. The molecule has 0 bridgehead atoms. The zero-order valence-electron chi connectivity index (χ0n) is 15.1. The van der Waals surface area contributed by atoms with Gasteiger partial charge in [0.15, 0.2) is 0 Å². The first-order valence-corrected chi connectivity index (χ1v) is 8.75. The van der Waals surface area contributed by atoms with Gasteiger partial charge in [-0.25, -0.2) is 4.79 Å². The van der Waals surface area contributed by atoms with Crippen molar-refractivity contribution in [1.29, 1.82) is 0 Å². The number of esters is 1. The lowest BCUT2D eigenvalue weighted by molar-refractivity contribution is -0.394. The van der Waals surface area contributed by atoms with Crippen LogP contribution in [0.2, 0.25) is 5.02 Å². The standard InChI is InChI=1S/C20H12ClN3O6/c21-15-3-5-16(6-4-15)22-12-13-1-7-19(8-2-13)30-20(25)14-9-17(23(26)27)11-18(10-14)24(28)29/h1-12H. The smallest absolute Gasteiger partial charge is 0.344 e. The fraction of sp³-hybridized carbons (Fsp3) is 0. The number of aliphatic imine (C=N–C) groups is 1. The van der Waals surface area contributed by atoms with Gasteiger partial charge in [0.2, 0.25) is 0 Å². The van der Waals surface area contributed by atoms with Crippen LogP contribution in [0.25, 0.3) is 0 Å². The van der Waals surface area contributed by atoms with E-state index in [-0.39, 0.29) is 11.3 Å². The highest BCUT2D eigenvalue weighted by atomic mass is 35.5. The van der Waals surface area contributed by atoms with Crippen molar-refractivity contribution < 1.29 is 19.4 Å². The summed E-state index contributed by atoms with van der Waals surface area (Å²) in [5.41, 5.74) is -0.0167. The zero-order valence-corrected chi connectivity index (χ0v) is 15.9. The van der Waals surface area contributed by atoms with Crippen molar-refractivity contribution in [2.24, 2.45) is 4.99 Å². The Kier molecular flexibility index (Phi) is 6.14. The van der Waals surface area contributed by atoms with Crippen LogP contribution in [0.15, 0.2) is 71.7 Å². The molecular formula is C20H12ClN3O6. The van der Waals surface area contributed by atoms with Gasteiger partial charge in [0.05, 0.1) is 27.2 Å². The van der Waals surface area contributed by atoms with Crippen LogP contribution < -0.4 is 4.74 Å². The van der Waals surface area contributed by atoms with Gasteiger partial charge in [-0.15, -0.1) is 0 Å². The molecule has 0 unspecified atom stereocenters. The fourth-order valence-corrected chi connectivity index (χ4v) is 2.51. The number of non-ortho nitro benzene ring substituents is 2. The summed E-state index contributed by atoms with van der Waals surface area (Å²) in [6.45, 7) is 0. The Labute approximate surface area is 174 Å². The third kappa shape index (κ3) is 5.24. The molecule has 0 aliphatic rings. The van der Waals surface area contributed by atoms with Gasteiger partial charge in [0, 0.05) is 23.4 Å². The van der Waals surface area contributed by atoms with Crippen LogP contribution in [0.3, 0.4) is 0 Å². The largest absolute Gasteiger partial charge is 0.423 e. The van der Waals surface area contributed by atoms with E-state index in [1.165, 1.54) is 12.1 Å². The molecule has 150 valence electrons. The number of hydrogen-bond donors (Lipinski definition) is 0. The first kappa shape index (κ1) is 20.6. The van der Waals surface area contributed by atoms with Crippen LogP contribution in [0.1, 0.15) is 15.9 Å². The number of nitro groups is 2. The van der Waals surface area contributed by atoms with E-state index in [1.807, 2.05) is 0 Å². The van der Waals surface area contributed by atoms with Gasteiger partial charge < -0.3 is 4.74 Å². The quantitative estimate of drug-likeness (QED) is 0.177. The van der Waals surface area contributed by atoms with Crippen LogP contribution in [0, 0.1) is 20.2 Å². The first-order valence-electron chi connectivity index (χ1n) is 8.37. The molecule has 0 heterocycles. The lowest BCUT2D eigenvalue weighted by atomic mass is 10.1. The van der Waals surface area contributed by atoms with Crippen LogP contribution in [0.4, 0.5) is 17.1 Å². The Balaban J connectivity index is 1.73. The van der Waals surface area contributed by atoms with Gasteiger partial charge in [-0.3, -0.25) is 25.2 Å². The lowest BCUT2D eigenvalue weighted by Crippen LogP contribution is -2.09. The van der Waals surface area contributed by atoms with Crippen molar-refractivity contribution in [3.8, 4) is 5.75 Å². The normalized spacial score (nSPS) is 10.7. The van der Waals surface area contributed by atoms with Gasteiger partial charge in [-0.1, -0.05) is 11.6 Å². The minimum Gasteiger partial charge on any atom is -0.423 e. The molecule has 10 heteroatoms. The molecule has 0 spiro atoms. The Bertz CT molecular complexity index is 1110. The number of benzene rings is 3. The third-order valence-corrected chi connectivity index (χ3v) is 4.09. The third-order valence-electron chi connectivity index (χ3n) is 3.84. The van der Waals surface area contributed by atoms with Gasteiger partial charge >= 0.3 is 5.97 Å². The predicted molar refractivity (Wildman–Crippen MR) is 110 cm³/mol. The molecule has 0 N–H and O–H groups in total. The first-order chi connectivity index (χ1) is 14.3. The zero-order chi connectivity index (χ0) is 21.7. The average molecular weight is 426 g/mol. The molecule has 0 amide bonds. The molecular weight excluding hydrogens is 414 g/mol. The monoisotopic (exact) mass is 425 g/mol. The number of halogens is 1. The van der Waals surface area contributed by atoms with Crippen molar-refractivity contribution >= 4 is 40.8 Å². The van der Waals surface area contributed by atoms with Crippen molar-refractivity contribution in [3.63, 3.8) is 0 Å². The molecule has 0 saturated carbocycles. The van der Waals surface area contributed by atoms with Gasteiger partial charge in [0.25, 0.3) is 11.4 Å². The van der Waals surface area contributed by atoms with Gasteiger partial charge in [-0.05, 0) is 54.1 Å². The minimum atomic E-state index is -0.954. The number of hydrogen-bond acceptors (Lipinski definition) is 7. The SMILES string of the molecule is O=C(Oc1ccc(C=Nc2ccc(Cl)cc2)cc1)c1cc([N+](=O)[O-])cc([N+](=O)[O-])c1. The average Bonchev–Trinajstić information content (AvgIpc) is 2.74. The summed E-state index contributed by atoms with van der Waals surface area (Å²) in [5, 5.41) is 22.5. The second-order valence-electron chi connectivity index (χ2n) is 5.95. The van der Waals surface area contributed by atoms with E-state index in [9.17, 15) is 25.0 Å². The van der Waals surface area contributed by atoms with Crippen molar-refractivity contribution in [1.82, 2.24) is 0 Å². The van der Waals surface area contributed by atoms with E-state index in [0.717, 1.165) is 23.8 Å². The fourth-order valence-electron chi connectivity index (χ4n) is 2.39. The van der Waals surface area contributed by atoms with Crippen LogP contribution in [0.5, 0.6) is 5.75 Å². The molecule has 3 rings (SSSR count). The second kappa shape index (κ2) is 8.93. The number of nitrogens with zero attached hydrogens (tertiary/aromatic N) is 3. The summed E-state index contributed by atoms with van der Waals surface area (Å²) in [6, 6.07) is 15.9. The van der Waals surface area contributed by atoms with Crippen LogP contribution in [-0.2, 0) is 0 Å².